The maximum absolute atomic E-state index is 13.6. The van der Waals surface area contributed by atoms with E-state index in [0.29, 0.717) is 22.1 Å². The van der Waals surface area contributed by atoms with Crippen molar-refractivity contribution in [1.29, 1.82) is 0 Å². The fourth-order valence-electron chi connectivity index (χ4n) is 2.56. The van der Waals surface area contributed by atoms with E-state index in [0.717, 1.165) is 6.07 Å². The molecule has 1 aliphatic rings. The molecule has 0 radical (unpaired) electrons. The number of hydrogen-bond acceptors (Lipinski definition) is 6. The smallest absolute Gasteiger partial charge is 0.338 e. The minimum atomic E-state index is -2.92. The van der Waals surface area contributed by atoms with Gasteiger partial charge in [-0.3, -0.25) is 4.99 Å². The van der Waals surface area contributed by atoms with Crippen LogP contribution in [-0.4, -0.2) is 23.8 Å². The lowest BCUT2D eigenvalue weighted by molar-refractivity contribution is -0.136. The largest absolute Gasteiger partial charge is 0.466 e. The SMILES string of the molecule is [2H]C([2H])([2H])OC(=O)C1=C(C)NC(c2nccs2)=N[C@H]1c1ccc(F)cc1C#C. The molecule has 0 amide bonds. The number of esters is 1. The van der Waals surface area contributed by atoms with Crippen LogP contribution in [0.4, 0.5) is 4.39 Å². The number of allylic oxidation sites excluding steroid dienone is 1. The number of aromatic nitrogens is 1. The minimum absolute atomic E-state index is 0.0282. The third-order valence-electron chi connectivity index (χ3n) is 3.65. The molecule has 2 heterocycles. The van der Waals surface area contributed by atoms with Crippen LogP contribution in [0.25, 0.3) is 0 Å². The van der Waals surface area contributed by atoms with Crippen LogP contribution >= 0.6 is 11.3 Å². The molecular formula is C18H14FN3O2S. The number of methoxy groups -OCH3 is 1. The first kappa shape index (κ1) is 13.3. The fourth-order valence-corrected chi connectivity index (χ4v) is 3.15. The van der Waals surface area contributed by atoms with Gasteiger partial charge in [0.15, 0.2) is 10.8 Å². The third-order valence-corrected chi connectivity index (χ3v) is 4.43. The van der Waals surface area contributed by atoms with Crippen molar-refractivity contribution in [3.05, 3.63) is 63.0 Å². The number of terminal acetylenes is 1. The molecule has 0 saturated heterocycles. The highest BCUT2D eigenvalue weighted by atomic mass is 32.1. The minimum Gasteiger partial charge on any atom is -0.466 e. The van der Waals surface area contributed by atoms with Gasteiger partial charge in [0.25, 0.3) is 0 Å². The number of hydrogen-bond donors (Lipinski definition) is 1. The number of carbonyl (C=O) groups excluding carboxylic acids is 1. The predicted octanol–water partition coefficient (Wildman–Crippen LogP) is 2.80. The molecule has 0 saturated carbocycles. The zero-order valence-corrected chi connectivity index (χ0v) is 13.9. The molecule has 1 aromatic carbocycles. The van der Waals surface area contributed by atoms with Crippen LogP contribution < -0.4 is 5.32 Å². The van der Waals surface area contributed by atoms with E-state index in [1.54, 1.807) is 18.5 Å². The number of rotatable bonds is 3. The summed E-state index contributed by atoms with van der Waals surface area (Å²) in [5.74, 6) is 1.16. The molecule has 1 N–H and O–H groups in total. The van der Waals surface area contributed by atoms with Crippen molar-refractivity contribution in [3.63, 3.8) is 0 Å². The Balaban J connectivity index is 2.14. The molecule has 1 atom stereocenters. The third kappa shape index (κ3) is 3.16. The predicted molar refractivity (Wildman–Crippen MR) is 93.6 cm³/mol. The molecular weight excluding hydrogens is 341 g/mol. The van der Waals surface area contributed by atoms with Crippen LogP contribution in [0, 0.1) is 18.2 Å². The molecule has 0 bridgehead atoms. The maximum Gasteiger partial charge on any atom is 0.338 e. The normalized spacial score (nSPS) is 19.0. The zero-order chi connectivity index (χ0) is 20.5. The van der Waals surface area contributed by atoms with Gasteiger partial charge in [-0.1, -0.05) is 12.0 Å². The molecule has 5 nitrogen and oxygen atoms in total. The number of nitrogens with one attached hydrogen (secondary N) is 1. The highest BCUT2D eigenvalue weighted by Crippen LogP contribution is 2.34. The summed E-state index contributed by atoms with van der Waals surface area (Å²) >= 11 is 1.33. The summed E-state index contributed by atoms with van der Waals surface area (Å²) in [7, 11) is -2.92. The molecule has 1 aliphatic heterocycles. The van der Waals surface area contributed by atoms with Crippen molar-refractivity contribution in [2.75, 3.05) is 7.04 Å². The van der Waals surface area contributed by atoms with Crippen LogP contribution in [0.3, 0.4) is 0 Å². The molecule has 7 heteroatoms. The van der Waals surface area contributed by atoms with Gasteiger partial charge in [-0.05, 0) is 24.6 Å². The average molecular weight is 358 g/mol. The van der Waals surface area contributed by atoms with Gasteiger partial charge in [-0.15, -0.1) is 17.8 Å². The molecule has 25 heavy (non-hydrogen) atoms. The van der Waals surface area contributed by atoms with Crippen LogP contribution in [-0.2, 0) is 9.53 Å². The summed E-state index contributed by atoms with van der Waals surface area (Å²) < 4.78 is 39.8. The lowest BCUT2D eigenvalue weighted by Crippen LogP contribution is -2.32. The number of ether oxygens (including phenoxy) is 1. The molecule has 0 unspecified atom stereocenters. The van der Waals surface area contributed by atoms with Gasteiger partial charge in [0, 0.05) is 22.8 Å². The Morgan fingerprint density at radius 3 is 3.08 bits per heavy atom. The van der Waals surface area contributed by atoms with Gasteiger partial charge in [0.05, 0.1) is 16.7 Å². The lowest BCUT2D eigenvalue weighted by Gasteiger charge is -2.25. The number of amidine groups is 1. The Hall–Kier alpha value is -2.98. The molecule has 126 valence electrons. The molecule has 0 spiro atoms. The van der Waals surface area contributed by atoms with E-state index in [-0.39, 0.29) is 11.1 Å². The first-order valence-electron chi connectivity index (χ1n) is 8.64. The topological polar surface area (TPSA) is 63.6 Å². The number of thiazole rings is 1. The van der Waals surface area contributed by atoms with Gasteiger partial charge in [-0.2, -0.15) is 0 Å². The average Bonchev–Trinajstić information content (AvgIpc) is 3.13. The second-order valence-electron chi connectivity index (χ2n) is 5.15. The quantitative estimate of drug-likeness (QED) is 0.677. The highest BCUT2D eigenvalue weighted by Gasteiger charge is 2.32. The van der Waals surface area contributed by atoms with Gasteiger partial charge < -0.3 is 10.1 Å². The molecule has 2 aromatic rings. The van der Waals surface area contributed by atoms with Crippen molar-refractivity contribution in [2.45, 2.75) is 13.0 Å². The highest BCUT2D eigenvalue weighted by molar-refractivity contribution is 7.11. The number of nitrogens with zero attached hydrogens (tertiary/aromatic N) is 2. The number of carbonyl (C=O) groups is 1. The molecule has 0 fully saturated rings. The van der Waals surface area contributed by atoms with E-state index >= 15 is 0 Å². The number of benzene rings is 1. The van der Waals surface area contributed by atoms with E-state index in [9.17, 15) is 9.18 Å². The Labute approximate surface area is 152 Å². The van der Waals surface area contributed by atoms with Gasteiger partial charge in [0.1, 0.15) is 11.9 Å². The van der Waals surface area contributed by atoms with Gasteiger partial charge >= 0.3 is 5.97 Å². The summed E-state index contributed by atoms with van der Waals surface area (Å²) in [5.41, 5.74) is 0.878. The van der Waals surface area contributed by atoms with E-state index in [1.165, 1.54) is 23.5 Å². The zero-order valence-electron chi connectivity index (χ0n) is 16.0. The van der Waals surface area contributed by atoms with Gasteiger partial charge in [-0.25, -0.2) is 14.2 Å². The maximum atomic E-state index is 13.6. The van der Waals surface area contributed by atoms with E-state index in [4.69, 9.17) is 10.5 Å². The Bertz CT molecular complexity index is 1020. The van der Waals surface area contributed by atoms with Crippen LogP contribution in [0.15, 0.2) is 46.0 Å². The van der Waals surface area contributed by atoms with E-state index in [1.807, 2.05) is 0 Å². The Kier molecular flexibility index (Phi) is 3.66. The molecule has 3 rings (SSSR count). The second-order valence-corrected chi connectivity index (χ2v) is 6.04. The van der Waals surface area contributed by atoms with Crippen LogP contribution in [0.2, 0.25) is 0 Å². The monoisotopic (exact) mass is 358 g/mol. The van der Waals surface area contributed by atoms with E-state index < -0.39 is 24.9 Å². The summed E-state index contributed by atoms with van der Waals surface area (Å²) in [4.78, 5) is 21.3. The summed E-state index contributed by atoms with van der Waals surface area (Å²) in [6.45, 7) is 1.59. The summed E-state index contributed by atoms with van der Waals surface area (Å²) in [6.07, 6.45) is 7.10. The van der Waals surface area contributed by atoms with Crippen LogP contribution in [0.1, 0.15) is 33.2 Å². The summed E-state index contributed by atoms with van der Waals surface area (Å²) in [6, 6.07) is 2.78. The van der Waals surface area contributed by atoms with Crippen molar-refractivity contribution >= 4 is 23.1 Å². The van der Waals surface area contributed by atoms with E-state index in [2.05, 4.69) is 26.0 Å². The lowest BCUT2D eigenvalue weighted by atomic mass is 9.92. The molecule has 0 aliphatic carbocycles. The van der Waals surface area contributed by atoms with Crippen molar-refractivity contribution in [3.8, 4) is 12.3 Å². The van der Waals surface area contributed by atoms with Crippen molar-refractivity contribution in [2.24, 2.45) is 4.99 Å². The van der Waals surface area contributed by atoms with Crippen molar-refractivity contribution in [1.82, 2.24) is 10.3 Å². The Morgan fingerprint density at radius 1 is 1.56 bits per heavy atom. The number of halogens is 1. The summed E-state index contributed by atoms with van der Waals surface area (Å²) in [5, 5.41) is 5.28. The first-order chi connectivity index (χ1) is 13.2. The molecule has 1 aromatic heterocycles. The number of aliphatic imine (C=N–C) groups is 1. The standard InChI is InChI=1S/C18H14FN3O2S/c1-4-11-9-12(19)5-6-13(11)15-14(18(23)24-3)10(2)21-16(22-15)17-20-7-8-25-17/h1,5-9,15H,2-3H3,(H,21,22)/t15-/m0/s1/i3D3. The fraction of sp³-hybridized carbons (Fsp3) is 0.167. The Morgan fingerprint density at radius 2 is 2.40 bits per heavy atom. The van der Waals surface area contributed by atoms with Gasteiger partial charge in [0.2, 0.25) is 0 Å². The first-order valence-corrected chi connectivity index (χ1v) is 8.02. The second kappa shape index (κ2) is 6.87. The van der Waals surface area contributed by atoms with Crippen molar-refractivity contribution < 1.29 is 18.0 Å². The van der Waals surface area contributed by atoms with Crippen LogP contribution in [0.5, 0.6) is 0 Å².